The summed E-state index contributed by atoms with van der Waals surface area (Å²) >= 11 is 1.71. The average Bonchev–Trinajstić information content (AvgIpc) is 3.30. The van der Waals surface area contributed by atoms with E-state index >= 15 is 0 Å². The first-order valence-corrected chi connectivity index (χ1v) is 11.9. The van der Waals surface area contributed by atoms with Crippen LogP contribution >= 0.6 is 11.8 Å². The van der Waals surface area contributed by atoms with Crippen LogP contribution in [0.25, 0.3) is 0 Å². The molecule has 6 nitrogen and oxygen atoms in total. The maximum Gasteiger partial charge on any atom is 0.191 e. The Morgan fingerprint density at radius 3 is 2.67 bits per heavy atom. The third-order valence-electron chi connectivity index (χ3n) is 5.03. The minimum atomic E-state index is 0.598. The molecule has 0 spiro atoms. The molecule has 0 bridgehead atoms. The Bertz CT molecular complexity index is 563. The van der Waals surface area contributed by atoms with Gasteiger partial charge in [-0.05, 0) is 51.2 Å². The third kappa shape index (κ3) is 7.35. The lowest BCUT2D eigenvalue weighted by molar-refractivity contribution is 0.461. The van der Waals surface area contributed by atoms with E-state index < -0.39 is 0 Å². The van der Waals surface area contributed by atoms with Crippen LogP contribution in [0.15, 0.2) is 10.1 Å². The molecule has 1 saturated carbocycles. The van der Waals surface area contributed by atoms with E-state index in [-0.39, 0.29) is 0 Å². The number of rotatable bonds is 11. The lowest BCUT2D eigenvalue weighted by Crippen LogP contribution is -2.38. The van der Waals surface area contributed by atoms with Crippen molar-refractivity contribution in [2.24, 2.45) is 10.9 Å². The number of hydrogen-bond acceptors (Lipinski definition) is 4. The van der Waals surface area contributed by atoms with Gasteiger partial charge in [0.25, 0.3) is 0 Å². The second-order valence-electron chi connectivity index (χ2n) is 7.74. The Morgan fingerprint density at radius 1 is 1.22 bits per heavy atom. The van der Waals surface area contributed by atoms with Crippen LogP contribution in [0.1, 0.15) is 77.6 Å². The van der Waals surface area contributed by atoms with Gasteiger partial charge >= 0.3 is 0 Å². The fourth-order valence-electron chi connectivity index (χ4n) is 3.63. The summed E-state index contributed by atoms with van der Waals surface area (Å²) in [7, 11) is 0. The summed E-state index contributed by atoms with van der Waals surface area (Å²) in [4.78, 5) is 4.73. The molecular formula is C20H38N6S. The number of guanidine groups is 1. The molecule has 27 heavy (non-hydrogen) atoms. The zero-order valence-corrected chi connectivity index (χ0v) is 18.4. The quantitative estimate of drug-likeness (QED) is 0.257. The standard InChI is InChI=1S/C20H38N6S/c1-5-21-19(22-14-8-10-16(2)3)23-15-9-13-18-24-25-20(27-4)26(18)17-11-6-7-12-17/h16-17H,5-15H2,1-4H3,(H2,21,22,23). The van der Waals surface area contributed by atoms with Crippen LogP contribution < -0.4 is 10.6 Å². The maximum atomic E-state index is 4.73. The molecule has 2 rings (SSSR count). The highest BCUT2D eigenvalue weighted by Gasteiger charge is 2.23. The molecule has 1 fully saturated rings. The van der Waals surface area contributed by atoms with Crippen LogP contribution in [0.4, 0.5) is 0 Å². The van der Waals surface area contributed by atoms with E-state index in [1.165, 1.54) is 38.5 Å². The first-order valence-electron chi connectivity index (χ1n) is 10.7. The molecule has 2 N–H and O–H groups in total. The minimum Gasteiger partial charge on any atom is -0.357 e. The van der Waals surface area contributed by atoms with Crippen molar-refractivity contribution in [2.45, 2.75) is 83.3 Å². The molecule has 0 saturated heterocycles. The number of hydrogen-bond donors (Lipinski definition) is 2. The number of aromatic nitrogens is 3. The van der Waals surface area contributed by atoms with E-state index in [9.17, 15) is 0 Å². The molecule has 0 radical (unpaired) electrons. The SMILES string of the molecule is CCNC(=NCCCc1nnc(SC)n1C1CCCC1)NCCCC(C)C. The summed E-state index contributed by atoms with van der Waals surface area (Å²) in [6, 6.07) is 0.598. The van der Waals surface area contributed by atoms with Crippen molar-refractivity contribution in [2.75, 3.05) is 25.9 Å². The van der Waals surface area contributed by atoms with Crippen LogP contribution in [-0.2, 0) is 6.42 Å². The van der Waals surface area contributed by atoms with E-state index in [4.69, 9.17) is 4.99 Å². The average molecular weight is 395 g/mol. The van der Waals surface area contributed by atoms with Crippen LogP contribution in [0.5, 0.6) is 0 Å². The van der Waals surface area contributed by atoms with Gasteiger partial charge in [-0.2, -0.15) is 0 Å². The van der Waals surface area contributed by atoms with Crippen molar-refractivity contribution in [3.8, 4) is 0 Å². The summed E-state index contributed by atoms with van der Waals surface area (Å²) in [6.45, 7) is 9.34. The number of thioether (sulfide) groups is 1. The monoisotopic (exact) mass is 394 g/mol. The van der Waals surface area contributed by atoms with Crippen molar-refractivity contribution in [1.29, 1.82) is 0 Å². The predicted molar refractivity (Wildman–Crippen MR) is 116 cm³/mol. The fraction of sp³-hybridized carbons (Fsp3) is 0.850. The van der Waals surface area contributed by atoms with Gasteiger partial charge in [0, 0.05) is 32.1 Å². The lowest BCUT2D eigenvalue weighted by atomic mass is 10.1. The summed E-state index contributed by atoms with van der Waals surface area (Å²) in [5.74, 6) is 2.83. The van der Waals surface area contributed by atoms with Crippen molar-refractivity contribution in [3.63, 3.8) is 0 Å². The van der Waals surface area contributed by atoms with Gasteiger partial charge in [-0.25, -0.2) is 0 Å². The van der Waals surface area contributed by atoms with Gasteiger partial charge in [0.2, 0.25) is 0 Å². The summed E-state index contributed by atoms with van der Waals surface area (Å²) in [5, 5.41) is 16.7. The zero-order chi connectivity index (χ0) is 19.5. The van der Waals surface area contributed by atoms with Crippen molar-refractivity contribution in [3.05, 3.63) is 5.82 Å². The van der Waals surface area contributed by atoms with Gasteiger partial charge in [0.15, 0.2) is 11.1 Å². The van der Waals surface area contributed by atoms with Gasteiger partial charge in [-0.3, -0.25) is 4.99 Å². The minimum absolute atomic E-state index is 0.598. The molecule has 1 heterocycles. The number of nitrogens with zero attached hydrogens (tertiary/aromatic N) is 4. The highest BCUT2D eigenvalue weighted by Crippen LogP contribution is 2.33. The highest BCUT2D eigenvalue weighted by molar-refractivity contribution is 7.98. The van der Waals surface area contributed by atoms with E-state index in [1.807, 2.05) is 0 Å². The Labute approximate surface area is 169 Å². The van der Waals surface area contributed by atoms with Crippen molar-refractivity contribution in [1.82, 2.24) is 25.4 Å². The van der Waals surface area contributed by atoms with Gasteiger partial charge in [0.1, 0.15) is 5.82 Å². The molecule has 0 unspecified atom stereocenters. The lowest BCUT2D eigenvalue weighted by Gasteiger charge is -2.16. The van der Waals surface area contributed by atoms with E-state index in [2.05, 4.69) is 52.4 Å². The van der Waals surface area contributed by atoms with Crippen LogP contribution in [0.2, 0.25) is 0 Å². The molecule has 7 heteroatoms. The van der Waals surface area contributed by atoms with Crippen LogP contribution in [-0.4, -0.2) is 46.6 Å². The maximum absolute atomic E-state index is 4.73. The third-order valence-corrected chi connectivity index (χ3v) is 5.67. The molecule has 1 aliphatic rings. The molecule has 1 aromatic heterocycles. The number of aryl methyl sites for hydroxylation is 1. The molecule has 1 aromatic rings. The molecule has 0 amide bonds. The number of nitrogens with one attached hydrogen (secondary N) is 2. The summed E-state index contributed by atoms with van der Waals surface area (Å²) in [6.07, 6.45) is 11.7. The molecule has 0 aliphatic heterocycles. The Balaban J connectivity index is 1.83. The van der Waals surface area contributed by atoms with Gasteiger partial charge in [-0.15, -0.1) is 10.2 Å². The molecule has 0 aromatic carbocycles. The molecule has 154 valence electrons. The molecule has 0 atom stereocenters. The second-order valence-corrected chi connectivity index (χ2v) is 8.51. The van der Waals surface area contributed by atoms with Gasteiger partial charge < -0.3 is 15.2 Å². The Hall–Kier alpha value is -1.24. The smallest absolute Gasteiger partial charge is 0.191 e. The van der Waals surface area contributed by atoms with Crippen molar-refractivity contribution < 1.29 is 0 Å². The summed E-state index contributed by atoms with van der Waals surface area (Å²) < 4.78 is 2.40. The van der Waals surface area contributed by atoms with Crippen LogP contribution in [0, 0.1) is 5.92 Å². The van der Waals surface area contributed by atoms with Crippen molar-refractivity contribution >= 4 is 17.7 Å². The first-order chi connectivity index (χ1) is 13.2. The highest BCUT2D eigenvalue weighted by atomic mass is 32.2. The van der Waals surface area contributed by atoms with Gasteiger partial charge in [0.05, 0.1) is 0 Å². The Morgan fingerprint density at radius 2 is 2.00 bits per heavy atom. The largest absolute Gasteiger partial charge is 0.357 e. The van der Waals surface area contributed by atoms with E-state index in [1.54, 1.807) is 11.8 Å². The molecule has 1 aliphatic carbocycles. The van der Waals surface area contributed by atoms with E-state index in [0.29, 0.717) is 6.04 Å². The first kappa shape index (κ1) is 22.1. The van der Waals surface area contributed by atoms with E-state index in [0.717, 1.165) is 55.3 Å². The Kier molecular flexibility index (Phi) is 10.0. The fourth-order valence-corrected chi connectivity index (χ4v) is 4.21. The number of aliphatic imine (C=N–C) groups is 1. The normalized spacial score (nSPS) is 15.7. The predicted octanol–water partition coefficient (Wildman–Crippen LogP) is 4.04. The zero-order valence-electron chi connectivity index (χ0n) is 17.6. The topological polar surface area (TPSA) is 67.1 Å². The van der Waals surface area contributed by atoms with Crippen LogP contribution in [0.3, 0.4) is 0 Å². The second kappa shape index (κ2) is 12.3. The summed E-state index contributed by atoms with van der Waals surface area (Å²) in [5.41, 5.74) is 0. The van der Waals surface area contributed by atoms with Gasteiger partial charge in [-0.1, -0.05) is 38.5 Å². The molecular weight excluding hydrogens is 356 g/mol.